The van der Waals surface area contributed by atoms with E-state index in [1.54, 1.807) is 0 Å². The fourth-order valence-corrected chi connectivity index (χ4v) is 9.45. The number of carbonyl (C=O) groups excluding carboxylic acids is 3. The molecule has 0 aromatic carbocycles. The number of carbonyl (C=O) groups is 3. The van der Waals surface area contributed by atoms with Gasteiger partial charge in [-0.05, 0) is 83.5 Å². The maximum absolute atomic E-state index is 12.9. The highest BCUT2D eigenvalue weighted by Crippen LogP contribution is 2.17. The first-order valence-corrected chi connectivity index (χ1v) is 32.1. The normalized spacial score (nSPS) is 12.3. The van der Waals surface area contributed by atoms with Gasteiger partial charge in [-0.3, -0.25) is 14.4 Å². The molecule has 0 rings (SSSR count). The van der Waals surface area contributed by atoms with Gasteiger partial charge in [-0.25, -0.2) is 0 Å². The van der Waals surface area contributed by atoms with Crippen molar-refractivity contribution in [2.45, 2.75) is 348 Å². The smallest absolute Gasteiger partial charge is 0.306 e. The molecule has 0 aliphatic heterocycles. The highest BCUT2D eigenvalue weighted by molar-refractivity contribution is 5.71. The fraction of sp³-hybridized carbons (Fsp3) is 0.836. The van der Waals surface area contributed by atoms with Crippen molar-refractivity contribution in [1.29, 1.82) is 0 Å². The number of hydrogen-bond donors (Lipinski definition) is 0. The minimum Gasteiger partial charge on any atom is -0.462 e. The van der Waals surface area contributed by atoms with E-state index in [0.29, 0.717) is 19.3 Å². The first kappa shape index (κ1) is 70.4. The van der Waals surface area contributed by atoms with Crippen LogP contribution in [-0.2, 0) is 28.6 Å². The highest BCUT2D eigenvalue weighted by Gasteiger charge is 2.19. The van der Waals surface area contributed by atoms with Crippen LogP contribution in [0.4, 0.5) is 0 Å². The molecule has 0 aromatic rings. The number of allylic oxidation sites excluding steroid dienone is 8. The topological polar surface area (TPSA) is 78.9 Å². The Morgan fingerprint density at radius 1 is 0.274 bits per heavy atom. The molecule has 0 saturated heterocycles. The van der Waals surface area contributed by atoms with Crippen LogP contribution in [0.5, 0.6) is 0 Å². The van der Waals surface area contributed by atoms with Gasteiger partial charge in [0.2, 0.25) is 0 Å². The Balaban J connectivity index is 4.21. The van der Waals surface area contributed by atoms with Gasteiger partial charge in [0.15, 0.2) is 6.10 Å². The highest BCUT2D eigenvalue weighted by atomic mass is 16.6. The summed E-state index contributed by atoms with van der Waals surface area (Å²) in [6.07, 6.45) is 77.0. The summed E-state index contributed by atoms with van der Waals surface area (Å²) in [5, 5.41) is 0. The van der Waals surface area contributed by atoms with E-state index < -0.39 is 6.10 Å². The van der Waals surface area contributed by atoms with Crippen molar-refractivity contribution in [1.82, 2.24) is 0 Å². The second-order valence-corrected chi connectivity index (χ2v) is 21.7. The second-order valence-electron chi connectivity index (χ2n) is 21.7. The molecule has 426 valence electrons. The van der Waals surface area contributed by atoms with Crippen molar-refractivity contribution in [3.8, 4) is 0 Å². The third kappa shape index (κ3) is 60.1. The lowest BCUT2D eigenvalue weighted by atomic mass is 10.0. The Hall–Kier alpha value is -2.63. The van der Waals surface area contributed by atoms with Crippen molar-refractivity contribution in [2.24, 2.45) is 0 Å². The van der Waals surface area contributed by atoms with Crippen LogP contribution < -0.4 is 0 Å². The zero-order valence-electron chi connectivity index (χ0n) is 48.9. The van der Waals surface area contributed by atoms with Gasteiger partial charge in [-0.2, -0.15) is 0 Å². The van der Waals surface area contributed by atoms with Gasteiger partial charge in [0, 0.05) is 19.3 Å². The van der Waals surface area contributed by atoms with E-state index in [1.807, 2.05) is 0 Å². The Kier molecular flexibility index (Phi) is 59.7. The number of rotatable bonds is 59. The molecule has 0 radical (unpaired) electrons. The third-order valence-electron chi connectivity index (χ3n) is 14.3. The summed E-state index contributed by atoms with van der Waals surface area (Å²) >= 11 is 0. The molecular weight excluding hydrogens is 901 g/mol. The Morgan fingerprint density at radius 2 is 0.493 bits per heavy atom. The van der Waals surface area contributed by atoms with E-state index in [1.165, 1.54) is 225 Å². The maximum Gasteiger partial charge on any atom is 0.306 e. The summed E-state index contributed by atoms with van der Waals surface area (Å²) in [5.41, 5.74) is 0. The predicted molar refractivity (Wildman–Crippen MR) is 316 cm³/mol. The molecule has 73 heavy (non-hydrogen) atoms. The molecule has 0 spiro atoms. The molecule has 0 fully saturated rings. The van der Waals surface area contributed by atoms with Crippen LogP contribution in [0.25, 0.3) is 0 Å². The summed E-state index contributed by atoms with van der Waals surface area (Å²) in [7, 11) is 0. The zero-order chi connectivity index (χ0) is 52.9. The van der Waals surface area contributed by atoms with Crippen LogP contribution in [0, 0.1) is 0 Å². The second kappa shape index (κ2) is 61.9. The number of esters is 3. The van der Waals surface area contributed by atoms with Gasteiger partial charge >= 0.3 is 17.9 Å². The van der Waals surface area contributed by atoms with E-state index in [0.717, 1.165) is 77.0 Å². The van der Waals surface area contributed by atoms with Gasteiger partial charge in [-0.15, -0.1) is 0 Å². The van der Waals surface area contributed by atoms with Crippen molar-refractivity contribution >= 4 is 17.9 Å². The molecule has 6 heteroatoms. The lowest BCUT2D eigenvalue weighted by molar-refractivity contribution is -0.167. The molecule has 0 amide bonds. The minimum absolute atomic E-state index is 0.0726. The monoisotopic (exact) mass is 1020 g/mol. The Morgan fingerprint density at radius 3 is 0.781 bits per heavy atom. The van der Waals surface area contributed by atoms with Crippen molar-refractivity contribution in [3.63, 3.8) is 0 Å². The first-order valence-electron chi connectivity index (χ1n) is 32.1. The SMILES string of the molecule is CCCCCCC/C=C\C/C=C\C/C=C\CCCCCCCCCCC(=O)OCC(COC(=O)CCCCCCCCCCC)OC(=O)CCCCCCCCCCCCC/C=C\CCCCCCCCCC. The summed E-state index contributed by atoms with van der Waals surface area (Å²) in [5.74, 6) is -0.866. The average Bonchev–Trinajstić information content (AvgIpc) is 3.39. The van der Waals surface area contributed by atoms with Crippen molar-refractivity contribution in [2.75, 3.05) is 13.2 Å². The number of unbranched alkanes of at least 4 members (excludes halogenated alkanes) is 40. The summed E-state index contributed by atoms with van der Waals surface area (Å²) in [4.78, 5) is 38.2. The molecule has 1 atom stereocenters. The number of hydrogen-bond acceptors (Lipinski definition) is 6. The number of ether oxygens (including phenoxy) is 3. The van der Waals surface area contributed by atoms with Crippen LogP contribution >= 0.6 is 0 Å². The Bertz CT molecular complexity index is 1270. The zero-order valence-corrected chi connectivity index (χ0v) is 48.9. The van der Waals surface area contributed by atoms with Crippen LogP contribution in [0.1, 0.15) is 342 Å². The lowest BCUT2D eigenvalue weighted by Gasteiger charge is -2.18. The van der Waals surface area contributed by atoms with E-state index in [4.69, 9.17) is 14.2 Å². The first-order chi connectivity index (χ1) is 36.0. The maximum atomic E-state index is 12.9. The van der Waals surface area contributed by atoms with Crippen LogP contribution in [-0.4, -0.2) is 37.2 Å². The van der Waals surface area contributed by atoms with Gasteiger partial charge in [0.1, 0.15) is 13.2 Å². The third-order valence-corrected chi connectivity index (χ3v) is 14.3. The van der Waals surface area contributed by atoms with E-state index in [2.05, 4.69) is 69.4 Å². The Labute approximate surface area is 454 Å². The molecule has 0 bridgehead atoms. The van der Waals surface area contributed by atoms with Gasteiger partial charge < -0.3 is 14.2 Å². The van der Waals surface area contributed by atoms with Gasteiger partial charge in [-0.1, -0.05) is 288 Å². The molecule has 0 aliphatic carbocycles. The molecule has 0 aliphatic rings. The lowest BCUT2D eigenvalue weighted by Crippen LogP contribution is -2.30. The van der Waals surface area contributed by atoms with Crippen LogP contribution in [0.2, 0.25) is 0 Å². The quantitative estimate of drug-likeness (QED) is 0.0261. The largest absolute Gasteiger partial charge is 0.462 e. The molecule has 6 nitrogen and oxygen atoms in total. The van der Waals surface area contributed by atoms with E-state index in [9.17, 15) is 14.4 Å². The van der Waals surface area contributed by atoms with Crippen molar-refractivity contribution in [3.05, 3.63) is 48.6 Å². The summed E-state index contributed by atoms with van der Waals surface area (Å²) in [6, 6.07) is 0. The van der Waals surface area contributed by atoms with Gasteiger partial charge in [0.25, 0.3) is 0 Å². The molecule has 0 N–H and O–H groups in total. The van der Waals surface area contributed by atoms with Crippen LogP contribution in [0.15, 0.2) is 48.6 Å². The minimum atomic E-state index is -0.774. The molecule has 0 aromatic heterocycles. The average molecular weight is 1020 g/mol. The van der Waals surface area contributed by atoms with E-state index in [-0.39, 0.29) is 31.1 Å². The molecule has 0 saturated carbocycles. The standard InChI is InChI=1S/C67H122O6/c1-4-7-10-13-16-19-21-23-25-27-29-31-33-35-37-39-41-43-45-48-51-54-57-60-66(69)72-63-64(62-71-65(68)59-56-53-50-47-18-15-12-9-6-3)73-67(70)61-58-55-52-49-46-44-42-40-38-36-34-32-30-28-26-24-22-20-17-14-11-8-5-2/h21,23,27-30,33,35,64H,4-20,22,24-26,31-32,34,36-63H2,1-3H3/b23-21-,29-27-,30-28-,35-33-. The molecule has 1 unspecified atom stereocenters. The van der Waals surface area contributed by atoms with E-state index >= 15 is 0 Å². The van der Waals surface area contributed by atoms with Crippen LogP contribution in [0.3, 0.4) is 0 Å². The summed E-state index contributed by atoms with van der Waals surface area (Å²) in [6.45, 7) is 6.65. The van der Waals surface area contributed by atoms with Crippen molar-refractivity contribution < 1.29 is 28.6 Å². The molecule has 0 heterocycles. The predicted octanol–water partition coefficient (Wildman–Crippen LogP) is 21.8. The van der Waals surface area contributed by atoms with Gasteiger partial charge in [0.05, 0.1) is 0 Å². The molecular formula is C67H122O6. The fourth-order valence-electron chi connectivity index (χ4n) is 9.45. The summed E-state index contributed by atoms with van der Waals surface area (Å²) < 4.78 is 16.9.